The molecule has 78 valence electrons. The summed E-state index contributed by atoms with van der Waals surface area (Å²) >= 11 is 1.75. The second-order valence-electron chi connectivity index (χ2n) is 3.37. The lowest BCUT2D eigenvalue weighted by Crippen LogP contribution is -2.07. The van der Waals surface area contributed by atoms with E-state index in [0.717, 1.165) is 11.6 Å². The van der Waals surface area contributed by atoms with Crippen molar-refractivity contribution in [3.63, 3.8) is 0 Å². The largest absolute Gasteiger partial charge is 0.363 e. The normalized spacial score (nSPS) is 12.4. The van der Waals surface area contributed by atoms with Gasteiger partial charge in [-0.25, -0.2) is 9.97 Å². The van der Waals surface area contributed by atoms with Gasteiger partial charge in [0, 0.05) is 11.1 Å². The molecule has 0 aromatic carbocycles. The van der Waals surface area contributed by atoms with Gasteiger partial charge >= 0.3 is 0 Å². The van der Waals surface area contributed by atoms with Crippen LogP contribution in [0.25, 0.3) is 0 Å². The van der Waals surface area contributed by atoms with E-state index in [0.29, 0.717) is 6.04 Å². The predicted molar refractivity (Wildman–Crippen MR) is 63.1 cm³/mol. The van der Waals surface area contributed by atoms with Crippen molar-refractivity contribution in [2.75, 3.05) is 5.32 Å². The second kappa shape index (κ2) is 4.40. The fourth-order valence-electron chi connectivity index (χ4n) is 1.37. The van der Waals surface area contributed by atoms with E-state index >= 15 is 0 Å². The Hall–Kier alpha value is -1.42. The minimum atomic E-state index is 0.291. The molecule has 0 saturated heterocycles. The number of thiophene rings is 1. The fraction of sp³-hybridized carbons (Fsp3) is 0.273. The summed E-state index contributed by atoms with van der Waals surface area (Å²) in [6.07, 6.45) is 1.77. The molecular formula is C11H13N3S. The lowest BCUT2D eigenvalue weighted by molar-refractivity contribution is 0.887. The van der Waals surface area contributed by atoms with Crippen molar-refractivity contribution in [2.24, 2.45) is 0 Å². The molecule has 1 atom stereocenters. The third kappa shape index (κ3) is 2.53. The maximum Gasteiger partial charge on any atom is 0.130 e. The Bertz CT molecular complexity index is 425. The van der Waals surface area contributed by atoms with E-state index in [2.05, 4.69) is 39.7 Å². The van der Waals surface area contributed by atoms with Gasteiger partial charge in [-0.05, 0) is 31.4 Å². The van der Waals surface area contributed by atoms with E-state index in [4.69, 9.17) is 0 Å². The molecule has 1 N–H and O–H groups in total. The average molecular weight is 219 g/mol. The van der Waals surface area contributed by atoms with E-state index in [1.54, 1.807) is 17.5 Å². The number of rotatable bonds is 3. The molecule has 0 bridgehead atoms. The van der Waals surface area contributed by atoms with Crippen molar-refractivity contribution in [2.45, 2.75) is 19.9 Å². The van der Waals surface area contributed by atoms with Crippen LogP contribution in [0.15, 0.2) is 29.8 Å². The first-order valence-corrected chi connectivity index (χ1v) is 5.73. The molecule has 0 aliphatic rings. The summed E-state index contributed by atoms with van der Waals surface area (Å²) in [5, 5.41) is 5.43. The standard InChI is InChI=1S/C11H13N3S/c1-8(10-4-3-7-15-10)13-11-5-6-12-9(2)14-11/h3-8H,1-2H3,(H,12,13,14). The van der Waals surface area contributed by atoms with Gasteiger partial charge in [0.1, 0.15) is 11.6 Å². The maximum absolute atomic E-state index is 4.31. The average Bonchev–Trinajstić information content (AvgIpc) is 2.70. The quantitative estimate of drug-likeness (QED) is 0.862. The smallest absolute Gasteiger partial charge is 0.130 e. The van der Waals surface area contributed by atoms with Crippen LogP contribution in [0, 0.1) is 6.92 Å². The minimum absolute atomic E-state index is 0.291. The molecule has 2 rings (SSSR count). The van der Waals surface area contributed by atoms with Crippen molar-refractivity contribution in [1.82, 2.24) is 9.97 Å². The lowest BCUT2D eigenvalue weighted by Gasteiger charge is -2.12. The Labute approximate surface area is 93.2 Å². The SMILES string of the molecule is Cc1nccc(NC(C)c2cccs2)n1. The van der Waals surface area contributed by atoms with Gasteiger partial charge in [0.15, 0.2) is 0 Å². The van der Waals surface area contributed by atoms with Gasteiger partial charge in [0.05, 0.1) is 6.04 Å². The highest BCUT2D eigenvalue weighted by Gasteiger charge is 2.06. The number of aryl methyl sites for hydroxylation is 1. The highest BCUT2D eigenvalue weighted by Crippen LogP contribution is 2.21. The summed E-state index contributed by atoms with van der Waals surface area (Å²) in [6.45, 7) is 4.02. The molecule has 0 radical (unpaired) electrons. The molecule has 2 aromatic rings. The number of nitrogens with one attached hydrogen (secondary N) is 1. The molecule has 3 nitrogen and oxygen atoms in total. The molecule has 0 aliphatic carbocycles. The van der Waals surface area contributed by atoms with Gasteiger partial charge in [-0.15, -0.1) is 11.3 Å². The third-order valence-corrected chi connectivity index (χ3v) is 3.17. The highest BCUT2D eigenvalue weighted by atomic mass is 32.1. The summed E-state index contributed by atoms with van der Waals surface area (Å²) in [5.41, 5.74) is 0. The minimum Gasteiger partial charge on any atom is -0.363 e. The summed E-state index contributed by atoms with van der Waals surface area (Å²) in [6, 6.07) is 6.36. The zero-order valence-electron chi connectivity index (χ0n) is 8.77. The summed E-state index contributed by atoms with van der Waals surface area (Å²) in [4.78, 5) is 9.68. The van der Waals surface area contributed by atoms with E-state index in [9.17, 15) is 0 Å². The van der Waals surface area contributed by atoms with Gasteiger partial charge in [-0.1, -0.05) is 6.07 Å². The zero-order chi connectivity index (χ0) is 10.7. The van der Waals surface area contributed by atoms with Crippen molar-refractivity contribution in [3.8, 4) is 0 Å². The van der Waals surface area contributed by atoms with Crippen LogP contribution in [-0.4, -0.2) is 9.97 Å². The zero-order valence-corrected chi connectivity index (χ0v) is 9.58. The lowest BCUT2D eigenvalue weighted by atomic mass is 10.3. The Morgan fingerprint density at radius 1 is 1.40 bits per heavy atom. The summed E-state index contributed by atoms with van der Waals surface area (Å²) in [7, 11) is 0. The highest BCUT2D eigenvalue weighted by molar-refractivity contribution is 7.10. The number of nitrogens with zero attached hydrogens (tertiary/aromatic N) is 2. The first kappa shape index (κ1) is 10.1. The Morgan fingerprint density at radius 2 is 2.27 bits per heavy atom. The predicted octanol–water partition coefficient (Wildman–Crippen LogP) is 3.02. The van der Waals surface area contributed by atoms with Crippen molar-refractivity contribution < 1.29 is 0 Å². The third-order valence-electron chi connectivity index (χ3n) is 2.11. The molecule has 0 fully saturated rings. The van der Waals surface area contributed by atoms with E-state index in [1.807, 2.05) is 13.0 Å². The monoisotopic (exact) mass is 219 g/mol. The maximum atomic E-state index is 4.31. The van der Waals surface area contributed by atoms with Crippen LogP contribution in [0.4, 0.5) is 5.82 Å². The number of hydrogen-bond acceptors (Lipinski definition) is 4. The van der Waals surface area contributed by atoms with E-state index in [-0.39, 0.29) is 0 Å². The Balaban J connectivity index is 2.09. The van der Waals surface area contributed by atoms with Gasteiger partial charge in [0.2, 0.25) is 0 Å². The fourth-order valence-corrected chi connectivity index (χ4v) is 2.10. The number of aromatic nitrogens is 2. The molecular weight excluding hydrogens is 206 g/mol. The van der Waals surface area contributed by atoms with Gasteiger partial charge < -0.3 is 5.32 Å². The molecule has 0 spiro atoms. The molecule has 15 heavy (non-hydrogen) atoms. The topological polar surface area (TPSA) is 37.8 Å². The molecule has 0 amide bonds. The Morgan fingerprint density at radius 3 is 2.93 bits per heavy atom. The molecule has 1 unspecified atom stereocenters. The van der Waals surface area contributed by atoms with Gasteiger partial charge in [-0.2, -0.15) is 0 Å². The van der Waals surface area contributed by atoms with Crippen molar-refractivity contribution in [3.05, 3.63) is 40.5 Å². The molecule has 2 heterocycles. The number of anilines is 1. The first-order valence-electron chi connectivity index (χ1n) is 4.85. The van der Waals surface area contributed by atoms with Crippen molar-refractivity contribution >= 4 is 17.2 Å². The molecule has 4 heteroatoms. The van der Waals surface area contributed by atoms with Crippen LogP contribution in [0.3, 0.4) is 0 Å². The van der Waals surface area contributed by atoms with Crippen LogP contribution in [0.1, 0.15) is 23.7 Å². The van der Waals surface area contributed by atoms with Crippen molar-refractivity contribution in [1.29, 1.82) is 0 Å². The van der Waals surface area contributed by atoms with Crippen LogP contribution >= 0.6 is 11.3 Å². The van der Waals surface area contributed by atoms with Gasteiger partial charge in [0.25, 0.3) is 0 Å². The van der Waals surface area contributed by atoms with Crippen LogP contribution in [0.5, 0.6) is 0 Å². The Kier molecular flexibility index (Phi) is 2.97. The first-order chi connectivity index (χ1) is 7.25. The number of hydrogen-bond donors (Lipinski definition) is 1. The molecule has 0 aliphatic heterocycles. The van der Waals surface area contributed by atoms with Crippen LogP contribution < -0.4 is 5.32 Å². The van der Waals surface area contributed by atoms with Gasteiger partial charge in [-0.3, -0.25) is 0 Å². The molecule has 2 aromatic heterocycles. The van der Waals surface area contributed by atoms with E-state index in [1.165, 1.54) is 4.88 Å². The summed E-state index contributed by atoms with van der Waals surface area (Å²) < 4.78 is 0. The molecule has 0 saturated carbocycles. The summed E-state index contributed by atoms with van der Waals surface area (Å²) in [5.74, 6) is 1.67. The van der Waals surface area contributed by atoms with E-state index < -0.39 is 0 Å². The van der Waals surface area contributed by atoms with Crippen LogP contribution in [-0.2, 0) is 0 Å². The van der Waals surface area contributed by atoms with Crippen LogP contribution in [0.2, 0.25) is 0 Å². The second-order valence-corrected chi connectivity index (χ2v) is 4.35.